The fraction of sp³-hybridized carbons (Fsp3) is 0.200. The first-order valence-corrected chi connectivity index (χ1v) is 6.07. The van der Waals surface area contributed by atoms with E-state index >= 15 is 0 Å². The van der Waals surface area contributed by atoms with Gasteiger partial charge in [-0.05, 0) is 12.1 Å². The molecule has 0 aliphatic rings. The first kappa shape index (κ1) is 13.9. The van der Waals surface area contributed by atoms with Crippen LogP contribution in [0, 0.1) is 0 Å². The largest absolute Gasteiger partial charge is 0.497 e. The van der Waals surface area contributed by atoms with Crippen molar-refractivity contribution in [2.24, 2.45) is 0 Å². The topological polar surface area (TPSA) is 51.7 Å². The lowest BCUT2D eigenvalue weighted by molar-refractivity contribution is 0.0993. The van der Waals surface area contributed by atoms with Crippen molar-refractivity contribution in [1.82, 2.24) is 4.98 Å². The van der Waals surface area contributed by atoms with E-state index in [2.05, 4.69) is 4.98 Å². The average Bonchev–Trinajstić information content (AvgIpc) is 2.53. The number of nitrogens with zero attached hydrogens (tertiary/aromatic N) is 2. The summed E-state index contributed by atoms with van der Waals surface area (Å²) in [6.45, 7) is 0. The molecule has 1 amide bonds. The zero-order valence-electron chi connectivity index (χ0n) is 11.7. The van der Waals surface area contributed by atoms with Gasteiger partial charge in [-0.25, -0.2) is 0 Å². The molecule has 0 aliphatic carbocycles. The van der Waals surface area contributed by atoms with Crippen molar-refractivity contribution in [2.45, 2.75) is 0 Å². The smallest absolute Gasteiger partial charge is 0.258 e. The fourth-order valence-electron chi connectivity index (χ4n) is 1.79. The number of anilines is 1. The summed E-state index contributed by atoms with van der Waals surface area (Å²) in [5.41, 5.74) is 1.27. The normalized spacial score (nSPS) is 9.95. The first-order chi connectivity index (χ1) is 9.65. The van der Waals surface area contributed by atoms with Crippen molar-refractivity contribution >= 4 is 11.6 Å². The predicted molar refractivity (Wildman–Crippen MR) is 76.5 cm³/mol. The molecule has 1 aromatic heterocycles. The molecule has 2 aromatic rings. The molecule has 1 aromatic carbocycles. The maximum absolute atomic E-state index is 12.4. The van der Waals surface area contributed by atoms with Crippen LogP contribution >= 0.6 is 0 Å². The quantitative estimate of drug-likeness (QED) is 0.857. The van der Waals surface area contributed by atoms with Crippen LogP contribution in [-0.4, -0.2) is 32.2 Å². The molecule has 0 saturated carbocycles. The summed E-state index contributed by atoms with van der Waals surface area (Å²) in [4.78, 5) is 17.8. The Bertz CT molecular complexity index is 577. The van der Waals surface area contributed by atoms with Crippen LogP contribution in [0.4, 0.5) is 5.69 Å². The summed E-state index contributed by atoms with van der Waals surface area (Å²) in [6.07, 6.45) is 3.18. The zero-order valence-corrected chi connectivity index (χ0v) is 11.7. The van der Waals surface area contributed by atoms with Crippen LogP contribution in [0.5, 0.6) is 11.5 Å². The van der Waals surface area contributed by atoms with Gasteiger partial charge in [0, 0.05) is 43.2 Å². The molecule has 104 valence electrons. The minimum absolute atomic E-state index is 0.122. The van der Waals surface area contributed by atoms with E-state index < -0.39 is 0 Å². The van der Waals surface area contributed by atoms with Crippen LogP contribution in [-0.2, 0) is 0 Å². The van der Waals surface area contributed by atoms with E-state index in [-0.39, 0.29) is 5.91 Å². The molecule has 0 unspecified atom stereocenters. The number of carbonyl (C=O) groups is 1. The van der Waals surface area contributed by atoms with E-state index in [1.165, 1.54) is 0 Å². The average molecular weight is 272 g/mol. The van der Waals surface area contributed by atoms with Gasteiger partial charge in [-0.1, -0.05) is 0 Å². The van der Waals surface area contributed by atoms with E-state index in [1.54, 1.807) is 68.9 Å². The Morgan fingerprint density at radius 2 is 1.60 bits per heavy atom. The van der Waals surface area contributed by atoms with Crippen LogP contribution in [0.1, 0.15) is 10.4 Å². The number of pyridine rings is 1. The maximum Gasteiger partial charge on any atom is 0.258 e. The number of amides is 1. The lowest BCUT2D eigenvalue weighted by Gasteiger charge is -2.19. The fourth-order valence-corrected chi connectivity index (χ4v) is 1.79. The Balaban J connectivity index is 2.33. The number of methoxy groups -OCH3 is 2. The number of benzene rings is 1. The van der Waals surface area contributed by atoms with Gasteiger partial charge in [0.25, 0.3) is 5.91 Å². The Labute approximate surface area is 117 Å². The third kappa shape index (κ3) is 2.88. The van der Waals surface area contributed by atoms with Crippen LogP contribution in [0.25, 0.3) is 0 Å². The zero-order chi connectivity index (χ0) is 14.5. The summed E-state index contributed by atoms with van der Waals surface area (Å²) >= 11 is 0. The van der Waals surface area contributed by atoms with Crippen molar-refractivity contribution in [2.75, 3.05) is 26.2 Å². The molecule has 0 bridgehead atoms. The van der Waals surface area contributed by atoms with Gasteiger partial charge in [0.05, 0.1) is 19.9 Å². The highest BCUT2D eigenvalue weighted by Crippen LogP contribution is 2.28. The summed E-state index contributed by atoms with van der Waals surface area (Å²) in [7, 11) is 4.85. The highest BCUT2D eigenvalue weighted by atomic mass is 16.5. The molecular formula is C15H16N2O3. The van der Waals surface area contributed by atoms with Crippen LogP contribution < -0.4 is 14.4 Å². The molecule has 5 nitrogen and oxygen atoms in total. The van der Waals surface area contributed by atoms with Gasteiger partial charge in [0.15, 0.2) is 0 Å². The van der Waals surface area contributed by atoms with Crippen LogP contribution in [0.3, 0.4) is 0 Å². The van der Waals surface area contributed by atoms with E-state index in [4.69, 9.17) is 9.47 Å². The molecule has 20 heavy (non-hydrogen) atoms. The highest BCUT2D eigenvalue weighted by molar-refractivity contribution is 6.05. The number of aromatic nitrogens is 1. The van der Waals surface area contributed by atoms with E-state index in [9.17, 15) is 4.79 Å². The third-order valence-corrected chi connectivity index (χ3v) is 2.96. The number of carbonyl (C=O) groups excluding carboxylic acids is 1. The molecule has 0 spiro atoms. The Morgan fingerprint density at radius 1 is 1.05 bits per heavy atom. The minimum atomic E-state index is -0.122. The number of hydrogen-bond donors (Lipinski definition) is 0. The Morgan fingerprint density at radius 3 is 2.10 bits per heavy atom. The number of ether oxygens (including phenoxy) is 2. The number of rotatable bonds is 4. The lowest BCUT2D eigenvalue weighted by atomic mass is 10.2. The predicted octanol–water partition coefficient (Wildman–Crippen LogP) is 2.38. The first-order valence-electron chi connectivity index (χ1n) is 6.07. The maximum atomic E-state index is 12.4. The van der Waals surface area contributed by atoms with Gasteiger partial charge in [0.2, 0.25) is 0 Å². The molecule has 0 saturated heterocycles. The molecule has 2 rings (SSSR count). The molecule has 0 aliphatic heterocycles. The number of hydrogen-bond acceptors (Lipinski definition) is 4. The SMILES string of the molecule is COc1cc(OC)cc(N(C)C(=O)c2ccncc2)c1. The van der Waals surface area contributed by atoms with Gasteiger partial charge < -0.3 is 14.4 Å². The van der Waals surface area contributed by atoms with Gasteiger partial charge in [-0.2, -0.15) is 0 Å². The molecular weight excluding hydrogens is 256 g/mol. The van der Waals surface area contributed by atoms with Crippen molar-refractivity contribution in [1.29, 1.82) is 0 Å². The van der Waals surface area contributed by atoms with Crippen LogP contribution in [0.2, 0.25) is 0 Å². The third-order valence-electron chi connectivity index (χ3n) is 2.96. The second-order valence-corrected chi connectivity index (χ2v) is 4.17. The summed E-state index contributed by atoms with van der Waals surface area (Å²) in [6, 6.07) is 8.67. The van der Waals surface area contributed by atoms with Gasteiger partial charge >= 0.3 is 0 Å². The Kier molecular flexibility index (Phi) is 4.20. The van der Waals surface area contributed by atoms with Gasteiger partial charge in [-0.15, -0.1) is 0 Å². The second kappa shape index (κ2) is 6.06. The van der Waals surface area contributed by atoms with Crippen molar-refractivity contribution < 1.29 is 14.3 Å². The molecule has 0 fully saturated rings. The monoisotopic (exact) mass is 272 g/mol. The molecule has 1 heterocycles. The minimum Gasteiger partial charge on any atom is -0.497 e. The van der Waals surface area contributed by atoms with Crippen molar-refractivity contribution in [3.63, 3.8) is 0 Å². The lowest BCUT2D eigenvalue weighted by Crippen LogP contribution is -2.26. The molecule has 0 N–H and O–H groups in total. The van der Waals surface area contributed by atoms with E-state index in [1.807, 2.05) is 0 Å². The van der Waals surface area contributed by atoms with Crippen LogP contribution in [0.15, 0.2) is 42.7 Å². The molecule has 0 atom stereocenters. The van der Waals surface area contributed by atoms with Crippen molar-refractivity contribution in [3.8, 4) is 11.5 Å². The molecule has 0 radical (unpaired) electrons. The van der Waals surface area contributed by atoms with E-state index in [0.717, 1.165) is 0 Å². The van der Waals surface area contributed by atoms with Gasteiger partial charge in [-0.3, -0.25) is 9.78 Å². The molecule has 5 heteroatoms. The van der Waals surface area contributed by atoms with E-state index in [0.29, 0.717) is 22.7 Å². The van der Waals surface area contributed by atoms with Crippen molar-refractivity contribution in [3.05, 3.63) is 48.3 Å². The van der Waals surface area contributed by atoms with Gasteiger partial charge in [0.1, 0.15) is 11.5 Å². The summed E-state index contributed by atoms with van der Waals surface area (Å²) < 4.78 is 10.4. The summed E-state index contributed by atoms with van der Waals surface area (Å²) in [5, 5.41) is 0. The second-order valence-electron chi connectivity index (χ2n) is 4.17. The Hall–Kier alpha value is -2.56. The highest BCUT2D eigenvalue weighted by Gasteiger charge is 2.15. The summed E-state index contributed by atoms with van der Waals surface area (Å²) in [5.74, 6) is 1.14. The standard InChI is InChI=1S/C15H16N2O3/c1-17(15(18)11-4-6-16-7-5-11)12-8-13(19-2)10-14(9-12)20-3/h4-10H,1-3H3.